The molecule has 0 aliphatic heterocycles. The Balaban J connectivity index is 1.96. The molecule has 1 fully saturated rings. The van der Waals surface area contributed by atoms with E-state index in [4.69, 9.17) is 0 Å². The maximum Gasteiger partial charge on any atom is 0.0322 e. The summed E-state index contributed by atoms with van der Waals surface area (Å²) in [5.41, 5.74) is 1.45. The minimum absolute atomic E-state index is 0.566. The summed E-state index contributed by atoms with van der Waals surface area (Å²) in [6.07, 6.45) is 5.22. The Labute approximate surface area is 99.3 Å². The van der Waals surface area contributed by atoms with Gasteiger partial charge in [0.1, 0.15) is 0 Å². The second-order valence-electron chi connectivity index (χ2n) is 5.09. The summed E-state index contributed by atoms with van der Waals surface area (Å²) in [5.74, 6) is 0.882. The summed E-state index contributed by atoms with van der Waals surface area (Å²) in [5, 5.41) is 3.79. The molecule has 1 aliphatic carbocycles. The van der Waals surface area contributed by atoms with Gasteiger partial charge in [-0.25, -0.2) is 0 Å². The van der Waals surface area contributed by atoms with E-state index in [0.29, 0.717) is 6.04 Å². The van der Waals surface area contributed by atoms with E-state index in [-0.39, 0.29) is 0 Å². The molecule has 3 atom stereocenters. The maximum absolute atomic E-state index is 3.79. The molecule has 3 unspecified atom stereocenters. The predicted molar refractivity (Wildman–Crippen MR) is 69.4 cm³/mol. The smallest absolute Gasteiger partial charge is 0.0322 e. The van der Waals surface area contributed by atoms with Gasteiger partial charge in [0, 0.05) is 12.1 Å². The van der Waals surface area contributed by atoms with Crippen LogP contribution in [0.5, 0.6) is 0 Å². The van der Waals surface area contributed by atoms with Crippen LogP contribution in [0.15, 0.2) is 30.3 Å². The fourth-order valence-corrected chi connectivity index (χ4v) is 2.25. The Bertz CT molecular complexity index is 306. The molecular formula is C15H23N. The molecule has 0 aromatic heterocycles. The Kier molecular flexibility index (Phi) is 4.00. The zero-order chi connectivity index (χ0) is 11.4. The lowest BCUT2D eigenvalue weighted by Crippen LogP contribution is -2.24. The average molecular weight is 217 g/mol. The van der Waals surface area contributed by atoms with Crippen LogP contribution in [0.1, 0.15) is 51.1 Å². The molecule has 1 saturated carbocycles. The van der Waals surface area contributed by atoms with Gasteiger partial charge in [-0.1, -0.05) is 57.0 Å². The lowest BCUT2D eigenvalue weighted by atomic mass is 10.0. The topological polar surface area (TPSA) is 12.0 Å². The van der Waals surface area contributed by atoms with Crippen LogP contribution < -0.4 is 5.32 Å². The minimum Gasteiger partial charge on any atom is -0.307 e. The Morgan fingerprint density at radius 3 is 2.56 bits per heavy atom. The lowest BCUT2D eigenvalue weighted by molar-refractivity contribution is 0.469. The van der Waals surface area contributed by atoms with E-state index in [1.165, 1.54) is 31.2 Å². The first-order chi connectivity index (χ1) is 7.81. The summed E-state index contributed by atoms with van der Waals surface area (Å²) in [6, 6.07) is 12.2. The van der Waals surface area contributed by atoms with E-state index in [1.807, 2.05) is 0 Å². The predicted octanol–water partition coefficient (Wildman–Crippen LogP) is 3.92. The van der Waals surface area contributed by atoms with Crippen LogP contribution in [0.4, 0.5) is 0 Å². The van der Waals surface area contributed by atoms with Gasteiger partial charge in [0.15, 0.2) is 0 Å². The molecule has 1 aliphatic rings. The molecule has 88 valence electrons. The SMILES string of the molecule is CCCCC(NC1CC1C)c1ccccc1. The Hall–Kier alpha value is -0.820. The fraction of sp³-hybridized carbons (Fsp3) is 0.600. The minimum atomic E-state index is 0.566. The first-order valence-corrected chi connectivity index (χ1v) is 6.62. The van der Waals surface area contributed by atoms with Crippen molar-refractivity contribution < 1.29 is 0 Å². The van der Waals surface area contributed by atoms with E-state index in [1.54, 1.807) is 0 Å². The summed E-state index contributed by atoms with van der Waals surface area (Å²) in [6.45, 7) is 4.60. The third-order valence-electron chi connectivity index (χ3n) is 3.57. The van der Waals surface area contributed by atoms with Crippen LogP contribution in [-0.4, -0.2) is 6.04 Å². The van der Waals surface area contributed by atoms with Crippen molar-refractivity contribution in [2.24, 2.45) is 5.92 Å². The zero-order valence-electron chi connectivity index (χ0n) is 10.4. The molecule has 1 N–H and O–H groups in total. The number of hydrogen-bond donors (Lipinski definition) is 1. The van der Waals surface area contributed by atoms with Crippen LogP contribution >= 0.6 is 0 Å². The normalized spacial score (nSPS) is 25.4. The second-order valence-corrected chi connectivity index (χ2v) is 5.09. The number of benzene rings is 1. The van der Waals surface area contributed by atoms with Crippen molar-refractivity contribution in [3.63, 3.8) is 0 Å². The molecule has 0 saturated heterocycles. The molecule has 1 aromatic rings. The van der Waals surface area contributed by atoms with Crippen molar-refractivity contribution in [3.8, 4) is 0 Å². The van der Waals surface area contributed by atoms with Crippen molar-refractivity contribution in [2.75, 3.05) is 0 Å². The molecule has 0 amide bonds. The van der Waals surface area contributed by atoms with E-state index in [9.17, 15) is 0 Å². The Morgan fingerprint density at radius 1 is 1.31 bits per heavy atom. The molecule has 1 heteroatoms. The highest BCUT2D eigenvalue weighted by atomic mass is 15.0. The molecule has 16 heavy (non-hydrogen) atoms. The van der Waals surface area contributed by atoms with Crippen LogP contribution in [0, 0.1) is 5.92 Å². The quantitative estimate of drug-likeness (QED) is 0.761. The van der Waals surface area contributed by atoms with Gasteiger partial charge in [-0.05, 0) is 24.3 Å². The van der Waals surface area contributed by atoms with Crippen LogP contribution in [0.3, 0.4) is 0 Å². The molecule has 1 aromatic carbocycles. The number of nitrogens with one attached hydrogen (secondary N) is 1. The first kappa shape index (κ1) is 11.7. The summed E-state index contributed by atoms with van der Waals surface area (Å²) in [4.78, 5) is 0. The standard InChI is InChI=1S/C15H23N/c1-3-4-10-14(16-15-11-12(15)2)13-8-6-5-7-9-13/h5-9,12,14-16H,3-4,10-11H2,1-2H3. The maximum atomic E-state index is 3.79. The van der Waals surface area contributed by atoms with E-state index in [2.05, 4.69) is 49.5 Å². The molecule has 0 heterocycles. The molecule has 0 spiro atoms. The summed E-state index contributed by atoms with van der Waals surface area (Å²) in [7, 11) is 0. The monoisotopic (exact) mass is 217 g/mol. The van der Waals surface area contributed by atoms with Gasteiger partial charge < -0.3 is 5.32 Å². The van der Waals surface area contributed by atoms with Gasteiger partial charge in [0.05, 0.1) is 0 Å². The van der Waals surface area contributed by atoms with Gasteiger partial charge in [-0.2, -0.15) is 0 Å². The summed E-state index contributed by atoms with van der Waals surface area (Å²) >= 11 is 0. The molecule has 2 rings (SSSR count). The number of hydrogen-bond acceptors (Lipinski definition) is 1. The van der Waals surface area contributed by atoms with Crippen molar-refractivity contribution >= 4 is 0 Å². The molecule has 0 radical (unpaired) electrons. The van der Waals surface area contributed by atoms with Crippen molar-refractivity contribution in [1.82, 2.24) is 5.32 Å². The average Bonchev–Trinajstić information content (AvgIpc) is 3.01. The van der Waals surface area contributed by atoms with Crippen molar-refractivity contribution in [1.29, 1.82) is 0 Å². The third kappa shape index (κ3) is 3.08. The number of rotatable bonds is 6. The van der Waals surface area contributed by atoms with Gasteiger partial charge >= 0.3 is 0 Å². The highest BCUT2D eigenvalue weighted by Gasteiger charge is 2.34. The van der Waals surface area contributed by atoms with Crippen molar-refractivity contribution in [3.05, 3.63) is 35.9 Å². The van der Waals surface area contributed by atoms with Crippen LogP contribution in [0.2, 0.25) is 0 Å². The lowest BCUT2D eigenvalue weighted by Gasteiger charge is -2.19. The molecule has 1 nitrogen and oxygen atoms in total. The van der Waals surface area contributed by atoms with Gasteiger partial charge in [0.25, 0.3) is 0 Å². The van der Waals surface area contributed by atoms with Crippen LogP contribution in [0.25, 0.3) is 0 Å². The second kappa shape index (κ2) is 5.49. The first-order valence-electron chi connectivity index (χ1n) is 6.62. The largest absolute Gasteiger partial charge is 0.307 e. The van der Waals surface area contributed by atoms with Gasteiger partial charge in [0.2, 0.25) is 0 Å². The fourth-order valence-electron chi connectivity index (χ4n) is 2.25. The number of unbranched alkanes of at least 4 members (excludes halogenated alkanes) is 1. The van der Waals surface area contributed by atoms with Gasteiger partial charge in [-0.15, -0.1) is 0 Å². The van der Waals surface area contributed by atoms with E-state index < -0.39 is 0 Å². The Morgan fingerprint density at radius 2 is 2.00 bits per heavy atom. The highest BCUT2D eigenvalue weighted by molar-refractivity contribution is 5.19. The summed E-state index contributed by atoms with van der Waals surface area (Å²) < 4.78 is 0. The van der Waals surface area contributed by atoms with E-state index >= 15 is 0 Å². The van der Waals surface area contributed by atoms with E-state index in [0.717, 1.165) is 12.0 Å². The molecular weight excluding hydrogens is 194 g/mol. The van der Waals surface area contributed by atoms with Crippen LogP contribution in [-0.2, 0) is 0 Å². The van der Waals surface area contributed by atoms with Gasteiger partial charge in [-0.3, -0.25) is 0 Å². The highest BCUT2D eigenvalue weighted by Crippen LogP contribution is 2.33. The van der Waals surface area contributed by atoms with Crippen molar-refractivity contribution in [2.45, 2.75) is 51.6 Å². The molecule has 0 bridgehead atoms. The third-order valence-corrected chi connectivity index (χ3v) is 3.57. The zero-order valence-corrected chi connectivity index (χ0v) is 10.4.